The van der Waals surface area contributed by atoms with Crippen molar-refractivity contribution in [2.45, 2.75) is 19.3 Å². The Balaban J connectivity index is 1.43. The first kappa shape index (κ1) is 18.3. The van der Waals surface area contributed by atoms with Crippen molar-refractivity contribution in [3.8, 4) is 0 Å². The van der Waals surface area contributed by atoms with E-state index in [2.05, 4.69) is 10.6 Å². The summed E-state index contributed by atoms with van der Waals surface area (Å²) in [6.45, 7) is 3.95. The average Bonchev–Trinajstić information content (AvgIpc) is 2.99. The highest BCUT2D eigenvalue weighted by Gasteiger charge is 2.31. The molecule has 140 valence electrons. The normalized spacial score (nSPS) is 22.4. The van der Waals surface area contributed by atoms with Crippen molar-refractivity contribution < 1.29 is 14.5 Å². The van der Waals surface area contributed by atoms with Crippen molar-refractivity contribution in [1.29, 1.82) is 0 Å². The van der Waals surface area contributed by atoms with Gasteiger partial charge in [-0.3, -0.25) is 19.7 Å². The lowest BCUT2D eigenvalue weighted by molar-refractivity contribution is -0.384. The number of nitrogens with one attached hydrogen (secondary N) is 2. The van der Waals surface area contributed by atoms with Crippen molar-refractivity contribution >= 4 is 17.5 Å². The van der Waals surface area contributed by atoms with Gasteiger partial charge in [0.15, 0.2) is 0 Å². The third-order valence-corrected chi connectivity index (χ3v) is 5.34. The zero-order chi connectivity index (χ0) is 18.5. The number of non-ortho nitro benzene ring substituents is 1. The van der Waals surface area contributed by atoms with Crippen LogP contribution >= 0.6 is 0 Å². The molecule has 1 aromatic rings. The van der Waals surface area contributed by atoms with Crippen molar-refractivity contribution in [2.75, 3.05) is 32.7 Å². The maximum absolute atomic E-state index is 12.4. The number of nitro benzene ring substituents is 1. The van der Waals surface area contributed by atoms with Gasteiger partial charge in [-0.25, -0.2) is 0 Å². The zero-order valence-corrected chi connectivity index (χ0v) is 14.6. The van der Waals surface area contributed by atoms with Gasteiger partial charge in [-0.05, 0) is 49.9 Å². The molecule has 2 atom stereocenters. The van der Waals surface area contributed by atoms with Crippen LogP contribution in [0.5, 0.6) is 0 Å². The molecule has 0 spiro atoms. The second-order valence-corrected chi connectivity index (χ2v) is 6.95. The molecule has 3 rings (SSSR count). The highest BCUT2D eigenvalue weighted by Crippen LogP contribution is 2.27. The number of fused-ring (bicyclic) bond motifs is 1. The minimum atomic E-state index is -0.508. The van der Waals surface area contributed by atoms with Crippen molar-refractivity contribution in [3.05, 3.63) is 39.9 Å². The molecule has 0 aliphatic carbocycles. The molecule has 2 fully saturated rings. The monoisotopic (exact) mass is 360 g/mol. The molecule has 8 nitrogen and oxygen atoms in total. The minimum absolute atomic E-state index is 0.0575. The predicted molar refractivity (Wildman–Crippen MR) is 95.7 cm³/mol. The van der Waals surface area contributed by atoms with Crippen molar-refractivity contribution in [3.63, 3.8) is 0 Å². The molecule has 26 heavy (non-hydrogen) atoms. The van der Waals surface area contributed by atoms with Crippen LogP contribution in [-0.2, 0) is 4.79 Å². The van der Waals surface area contributed by atoms with E-state index in [4.69, 9.17) is 0 Å². The molecule has 8 heteroatoms. The van der Waals surface area contributed by atoms with E-state index in [-0.39, 0.29) is 30.5 Å². The Morgan fingerprint density at radius 2 is 1.77 bits per heavy atom. The van der Waals surface area contributed by atoms with Gasteiger partial charge in [-0.1, -0.05) is 0 Å². The van der Waals surface area contributed by atoms with E-state index < -0.39 is 4.92 Å². The summed E-state index contributed by atoms with van der Waals surface area (Å²) >= 11 is 0. The fourth-order valence-corrected chi connectivity index (χ4v) is 3.75. The van der Waals surface area contributed by atoms with Crippen LogP contribution < -0.4 is 10.6 Å². The fraction of sp³-hybridized carbons (Fsp3) is 0.556. The van der Waals surface area contributed by atoms with Gasteiger partial charge in [-0.2, -0.15) is 0 Å². The van der Waals surface area contributed by atoms with Gasteiger partial charge in [0.1, 0.15) is 0 Å². The van der Waals surface area contributed by atoms with Crippen LogP contribution in [0, 0.1) is 22.0 Å². The zero-order valence-electron chi connectivity index (χ0n) is 14.6. The molecule has 0 aromatic heterocycles. The number of carbonyl (C=O) groups excluding carboxylic acids is 2. The lowest BCUT2D eigenvalue weighted by atomic mass is 9.92. The second-order valence-electron chi connectivity index (χ2n) is 6.95. The molecule has 0 bridgehead atoms. The van der Waals surface area contributed by atoms with Crippen LogP contribution in [0.2, 0.25) is 0 Å². The molecule has 2 heterocycles. The fourth-order valence-electron chi connectivity index (χ4n) is 3.75. The Morgan fingerprint density at radius 3 is 2.35 bits per heavy atom. The van der Waals surface area contributed by atoms with Gasteiger partial charge in [0.25, 0.3) is 11.6 Å². The van der Waals surface area contributed by atoms with Gasteiger partial charge in [0, 0.05) is 43.8 Å². The highest BCUT2D eigenvalue weighted by atomic mass is 16.6. The smallest absolute Gasteiger partial charge is 0.269 e. The van der Waals surface area contributed by atoms with Crippen molar-refractivity contribution in [2.24, 2.45) is 11.8 Å². The van der Waals surface area contributed by atoms with Crippen LogP contribution in [0.25, 0.3) is 0 Å². The number of hydrogen-bond acceptors (Lipinski definition) is 5. The Labute approximate surface area is 152 Å². The number of amides is 2. The van der Waals surface area contributed by atoms with Gasteiger partial charge in [0.05, 0.1) is 4.92 Å². The average molecular weight is 360 g/mol. The van der Waals surface area contributed by atoms with Gasteiger partial charge >= 0.3 is 0 Å². The molecule has 2 aliphatic heterocycles. The summed E-state index contributed by atoms with van der Waals surface area (Å²) in [4.78, 5) is 36.5. The number of likely N-dealkylation sites (tertiary alicyclic amines) is 1. The van der Waals surface area contributed by atoms with Crippen LogP contribution in [0.3, 0.4) is 0 Å². The van der Waals surface area contributed by atoms with E-state index in [1.165, 1.54) is 24.3 Å². The minimum Gasteiger partial charge on any atom is -0.352 e. The summed E-state index contributed by atoms with van der Waals surface area (Å²) in [5.41, 5.74) is 0.288. The lowest BCUT2D eigenvalue weighted by Crippen LogP contribution is -2.35. The third-order valence-electron chi connectivity index (χ3n) is 5.34. The molecule has 2 aliphatic rings. The molecule has 2 N–H and O–H groups in total. The Kier molecular flexibility index (Phi) is 5.82. The topological polar surface area (TPSA) is 105 Å². The van der Waals surface area contributed by atoms with E-state index in [1.807, 2.05) is 4.90 Å². The Hall–Kier alpha value is -2.48. The van der Waals surface area contributed by atoms with Crippen LogP contribution in [0.4, 0.5) is 5.69 Å². The van der Waals surface area contributed by atoms with Crippen molar-refractivity contribution in [1.82, 2.24) is 15.5 Å². The molecule has 2 amide bonds. The first-order chi connectivity index (χ1) is 12.5. The van der Waals surface area contributed by atoms with E-state index in [0.29, 0.717) is 17.4 Å². The number of carbonyl (C=O) groups is 2. The summed E-state index contributed by atoms with van der Waals surface area (Å²) in [5.74, 6) is 1.09. The Bertz CT molecular complexity index is 662. The highest BCUT2D eigenvalue weighted by molar-refractivity contribution is 5.94. The first-order valence-electron chi connectivity index (χ1n) is 9.05. The van der Waals surface area contributed by atoms with Gasteiger partial charge in [0.2, 0.25) is 5.91 Å². The number of benzene rings is 1. The second kappa shape index (κ2) is 8.27. The number of nitro groups is 1. The molecular formula is C18H24N4O4. The standard InChI is InChI=1S/C18H24N4O4/c23-17(21-9-6-14-11-19-12-15(14)7-10-21)5-8-20-18(24)13-1-3-16(4-2-13)22(25)26/h1-4,14-15,19H,5-12H2,(H,20,24)/t14-,15+. The van der Waals surface area contributed by atoms with E-state index in [0.717, 1.165) is 39.0 Å². The summed E-state index contributed by atoms with van der Waals surface area (Å²) in [6, 6.07) is 5.42. The third kappa shape index (κ3) is 4.37. The largest absolute Gasteiger partial charge is 0.352 e. The molecule has 0 unspecified atom stereocenters. The van der Waals surface area contributed by atoms with E-state index in [9.17, 15) is 19.7 Å². The number of rotatable bonds is 5. The Morgan fingerprint density at radius 1 is 1.15 bits per heavy atom. The summed E-state index contributed by atoms with van der Waals surface area (Å²) < 4.78 is 0. The van der Waals surface area contributed by atoms with Gasteiger partial charge in [-0.15, -0.1) is 0 Å². The van der Waals surface area contributed by atoms with Crippen LogP contribution in [-0.4, -0.2) is 54.4 Å². The number of nitrogens with zero attached hydrogens (tertiary/aromatic N) is 2. The van der Waals surface area contributed by atoms with E-state index >= 15 is 0 Å². The molecule has 2 saturated heterocycles. The molecule has 0 saturated carbocycles. The quantitative estimate of drug-likeness (QED) is 0.606. The lowest BCUT2D eigenvalue weighted by Gasteiger charge is -2.21. The number of hydrogen-bond donors (Lipinski definition) is 2. The van der Waals surface area contributed by atoms with Crippen LogP contribution in [0.15, 0.2) is 24.3 Å². The maximum Gasteiger partial charge on any atom is 0.269 e. The predicted octanol–water partition coefficient (Wildman–Crippen LogP) is 1.17. The van der Waals surface area contributed by atoms with E-state index in [1.54, 1.807) is 0 Å². The first-order valence-corrected chi connectivity index (χ1v) is 9.05. The van der Waals surface area contributed by atoms with Gasteiger partial charge < -0.3 is 15.5 Å². The maximum atomic E-state index is 12.4. The molecular weight excluding hydrogens is 336 g/mol. The summed E-state index contributed by atoms with van der Waals surface area (Å²) in [5, 5.41) is 16.8. The molecule has 1 aromatic carbocycles. The van der Waals surface area contributed by atoms with Crippen LogP contribution in [0.1, 0.15) is 29.6 Å². The summed E-state index contributed by atoms with van der Waals surface area (Å²) in [6.07, 6.45) is 2.35. The summed E-state index contributed by atoms with van der Waals surface area (Å²) in [7, 11) is 0. The molecule has 0 radical (unpaired) electrons. The SMILES string of the molecule is O=C(NCCC(=O)N1CC[C@@H]2CNC[C@@H]2CC1)c1ccc([N+](=O)[O-])cc1.